The Bertz CT molecular complexity index is 95.9. The first kappa shape index (κ1) is 9.65. The maximum atomic E-state index is 5.48. The molecule has 0 atom stereocenters. The maximum Gasteiger partial charge on any atom is 0.106 e. The average molecular weight is 161 g/mol. The molecule has 0 N–H and O–H groups in total. The quantitative estimate of drug-likeness (QED) is 0.329. The van der Waals surface area contributed by atoms with Gasteiger partial charge in [0.2, 0.25) is 0 Å². The number of rotatable bonds is 6. The van der Waals surface area contributed by atoms with Crippen LogP contribution in [0.2, 0.25) is 0 Å². The van der Waals surface area contributed by atoms with Crippen molar-refractivity contribution in [3.05, 3.63) is 0 Å². The van der Waals surface area contributed by atoms with Crippen LogP contribution in [-0.2, 0) is 4.74 Å². The van der Waals surface area contributed by atoms with E-state index in [1.54, 1.807) is 0 Å². The third-order valence-corrected chi connectivity index (χ3v) is 1.48. The Morgan fingerprint density at radius 1 is 1.20 bits per heavy atom. The Morgan fingerprint density at radius 3 is 2.50 bits per heavy atom. The first-order valence-corrected chi connectivity index (χ1v) is 4.08. The lowest BCUT2D eigenvalue weighted by molar-refractivity contribution is 0.268. The summed E-state index contributed by atoms with van der Waals surface area (Å²) in [5.74, 6) is 0.760. The van der Waals surface area contributed by atoms with E-state index in [4.69, 9.17) is 22.8 Å². The molecular formula is C8H13ClO. The predicted molar refractivity (Wildman–Crippen MR) is 44.0 cm³/mol. The van der Waals surface area contributed by atoms with Crippen molar-refractivity contribution in [1.82, 2.24) is 0 Å². The van der Waals surface area contributed by atoms with Crippen molar-refractivity contribution in [3.8, 4) is 12.5 Å². The minimum Gasteiger partial charge on any atom is -0.447 e. The van der Waals surface area contributed by atoms with E-state index in [9.17, 15) is 0 Å². The lowest BCUT2D eigenvalue weighted by atomic mass is 10.2. The molecule has 0 aliphatic heterocycles. The van der Waals surface area contributed by atoms with Crippen molar-refractivity contribution in [1.29, 1.82) is 0 Å². The molecule has 0 saturated carbocycles. The summed E-state index contributed by atoms with van der Waals surface area (Å²) in [6.45, 7) is 0.679. The van der Waals surface area contributed by atoms with Crippen LogP contribution in [0.25, 0.3) is 0 Å². The lowest BCUT2D eigenvalue weighted by Crippen LogP contribution is -1.87. The highest BCUT2D eigenvalue weighted by Crippen LogP contribution is 2.00. The molecule has 0 rings (SSSR count). The Hall–Kier alpha value is -0.350. The van der Waals surface area contributed by atoms with Gasteiger partial charge in [-0.15, -0.1) is 11.6 Å². The Kier molecular flexibility index (Phi) is 8.35. The van der Waals surface area contributed by atoms with E-state index in [0.29, 0.717) is 6.61 Å². The molecule has 1 nitrogen and oxygen atoms in total. The van der Waals surface area contributed by atoms with Crippen molar-refractivity contribution in [2.75, 3.05) is 12.5 Å². The van der Waals surface area contributed by atoms with Gasteiger partial charge in [-0.05, 0) is 19.3 Å². The summed E-state index contributed by atoms with van der Waals surface area (Å²) < 4.78 is 4.71. The summed E-state index contributed by atoms with van der Waals surface area (Å²) in [7, 11) is 0. The zero-order chi connectivity index (χ0) is 7.66. The molecular weight excluding hydrogens is 148 g/mol. The van der Waals surface area contributed by atoms with Crippen LogP contribution in [0.4, 0.5) is 0 Å². The number of alkyl halides is 1. The van der Waals surface area contributed by atoms with Gasteiger partial charge in [0, 0.05) is 5.88 Å². The highest BCUT2D eigenvalue weighted by molar-refractivity contribution is 6.17. The fourth-order valence-corrected chi connectivity index (χ4v) is 0.870. The molecule has 0 spiro atoms. The molecule has 0 saturated heterocycles. The normalized spacial score (nSPS) is 8.80. The minimum absolute atomic E-state index is 0.679. The van der Waals surface area contributed by atoms with Gasteiger partial charge in [-0.3, -0.25) is 0 Å². The monoisotopic (exact) mass is 160 g/mol. The molecule has 2 heteroatoms. The highest BCUT2D eigenvalue weighted by atomic mass is 35.5. The molecule has 0 heterocycles. The van der Waals surface area contributed by atoms with Gasteiger partial charge in [-0.1, -0.05) is 12.8 Å². The second-order valence-electron chi connectivity index (χ2n) is 2.07. The summed E-state index contributed by atoms with van der Waals surface area (Å²) in [5, 5.41) is 0. The van der Waals surface area contributed by atoms with Gasteiger partial charge in [0.05, 0.1) is 0 Å². The van der Waals surface area contributed by atoms with Crippen LogP contribution in [0.1, 0.15) is 25.7 Å². The minimum atomic E-state index is 0.679. The third kappa shape index (κ3) is 7.65. The van der Waals surface area contributed by atoms with E-state index in [0.717, 1.165) is 25.1 Å². The SMILES string of the molecule is C#COCCCCCCCl. The summed E-state index contributed by atoms with van der Waals surface area (Å²) >= 11 is 5.48. The van der Waals surface area contributed by atoms with E-state index in [2.05, 4.69) is 6.11 Å². The fourth-order valence-electron chi connectivity index (χ4n) is 0.681. The number of unbranched alkanes of at least 4 members (excludes halogenated alkanes) is 3. The van der Waals surface area contributed by atoms with Gasteiger partial charge in [-0.2, -0.15) is 0 Å². The molecule has 0 unspecified atom stereocenters. The van der Waals surface area contributed by atoms with Crippen molar-refractivity contribution in [3.63, 3.8) is 0 Å². The highest BCUT2D eigenvalue weighted by Gasteiger charge is 1.87. The van der Waals surface area contributed by atoms with Gasteiger partial charge in [0.25, 0.3) is 0 Å². The van der Waals surface area contributed by atoms with Gasteiger partial charge in [0.1, 0.15) is 12.7 Å². The first-order valence-electron chi connectivity index (χ1n) is 3.55. The number of hydrogen-bond acceptors (Lipinski definition) is 1. The van der Waals surface area contributed by atoms with E-state index < -0.39 is 0 Å². The number of hydrogen-bond donors (Lipinski definition) is 0. The summed E-state index contributed by atoms with van der Waals surface area (Å²) in [5.41, 5.74) is 0. The van der Waals surface area contributed by atoms with Crippen molar-refractivity contribution in [2.45, 2.75) is 25.7 Å². The van der Waals surface area contributed by atoms with Crippen LogP contribution < -0.4 is 0 Å². The van der Waals surface area contributed by atoms with E-state index in [1.165, 1.54) is 6.42 Å². The van der Waals surface area contributed by atoms with Crippen molar-refractivity contribution in [2.24, 2.45) is 0 Å². The molecule has 0 radical (unpaired) electrons. The lowest BCUT2D eigenvalue weighted by Gasteiger charge is -1.96. The standard InChI is InChI=1S/C8H13ClO/c1-2-10-8-6-4-3-5-7-9/h1H,3-8H2. The number of ether oxygens (including phenoxy) is 1. The Balaban J connectivity index is 2.72. The van der Waals surface area contributed by atoms with Crippen LogP contribution in [0.15, 0.2) is 0 Å². The van der Waals surface area contributed by atoms with Gasteiger partial charge < -0.3 is 4.74 Å². The van der Waals surface area contributed by atoms with Crippen LogP contribution in [0.5, 0.6) is 0 Å². The first-order chi connectivity index (χ1) is 4.91. The zero-order valence-corrected chi connectivity index (χ0v) is 6.86. The van der Waals surface area contributed by atoms with Crippen LogP contribution >= 0.6 is 11.6 Å². The van der Waals surface area contributed by atoms with Gasteiger partial charge in [-0.25, -0.2) is 0 Å². The predicted octanol–water partition coefficient (Wildman–Crippen LogP) is 2.39. The van der Waals surface area contributed by atoms with E-state index in [1.807, 2.05) is 0 Å². The van der Waals surface area contributed by atoms with Crippen LogP contribution in [-0.4, -0.2) is 12.5 Å². The molecule has 0 aromatic rings. The Morgan fingerprint density at radius 2 is 1.90 bits per heavy atom. The molecule has 0 aromatic heterocycles. The van der Waals surface area contributed by atoms with Gasteiger partial charge >= 0.3 is 0 Å². The van der Waals surface area contributed by atoms with Gasteiger partial charge in [0.15, 0.2) is 0 Å². The second-order valence-corrected chi connectivity index (χ2v) is 2.45. The number of terminal acetylenes is 1. The molecule has 0 fully saturated rings. The number of halogens is 1. The molecule has 58 valence electrons. The molecule has 10 heavy (non-hydrogen) atoms. The topological polar surface area (TPSA) is 9.23 Å². The van der Waals surface area contributed by atoms with Crippen molar-refractivity contribution >= 4 is 11.6 Å². The fraction of sp³-hybridized carbons (Fsp3) is 0.750. The largest absolute Gasteiger partial charge is 0.447 e. The van der Waals surface area contributed by atoms with Crippen LogP contribution in [0, 0.1) is 12.5 Å². The Labute approximate surface area is 67.7 Å². The van der Waals surface area contributed by atoms with Crippen LogP contribution in [0.3, 0.4) is 0 Å². The average Bonchev–Trinajstić information content (AvgIpc) is 1.97. The van der Waals surface area contributed by atoms with E-state index >= 15 is 0 Å². The molecule has 0 aromatic carbocycles. The molecule has 0 aliphatic carbocycles. The third-order valence-electron chi connectivity index (χ3n) is 1.21. The second kappa shape index (κ2) is 8.65. The summed E-state index contributed by atoms with van der Waals surface area (Å²) in [6, 6.07) is 0. The molecule has 0 bridgehead atoms. The van der Waals surface area contributed by atoms with E-state index in [-0.39, 0.29) is 0 Å². The molecule has 0 amide bonds. The summed E-state index contributed by atoms with van der Waals surface area (Å²) in [4.78, 5) is 0. The zero-order valence-electron chi connectivity index (χ0n) is 6.11. The van der Waals surface area contributed by atoms with Crippen molar-refractivity contribution < 1.29 is 4.74 Å². The molecule has 0 aliphatic rings. The maximum absolute atomic E-state index is 5.48. The smallest absolute Gasteiger partial charge is 0.106 e. The summed E-state index contributed by atoms with van der Waals surface area (Å²) in [6.07, 6.45) is 11.5.